The van der Waals surface area contributed by atoms with E-state index in [9.17, 15) is 4.79 Å². The van der Waals surface area contributed by atoms with Gasteiger partial charge in [-0.1, -0.05) is 11.2 Å². The molecule has 0 atom stereocenters. The normalized spacial score (nSPS) is 10.5. The molecule has 130 valence electrons. The lowest BCUT2D eigenvalue weighted by Crippen LogP contribution is -2.14. The standard InChI is InChI=1S/C16H16N4O4S/c1-3-22-15-11(9-17-16(19-15)23-4-2)18-14(21)10-8-12(24-20-10)13-6-5-7-25-13/h5-9H,3-4H2,1-2H3,(H,18,21). The molecule has 0 unspecified atom stereocenters. The van der Waals surface area contributed by atoms with Gasteiger partial charge in [-0.25, -0.2) is 4.98 Å². The van der Waals surface area contributed by atoms with Crippen LogP contribution < -0.4 is 14.8 Å². The number of hydrogen-bond acceptors (Lipinski definition) is 8. The van der Waals surface area contributed by atoms with E-state index in [4.69, 9.17) is 14.0 Å². The van der Waals surface area contributed by atoms with Gasteiger partial charge in [-0.3, -0.25) is 4.79 Å². The van der Waals surface area contributed by atoms with E-state index >= 15 is 0 Å². The third-order valence-electron chi connectivity index (χ3n) is 3.04. The first kappa shape index (κ1) is 16.9. The van der Waals surface area contributed by atoms with Crippen molar-refractivity contribution in [1.29, 1.82) is 0 Å². The molecule has 3 heterocycles. The van der Waals surface area contributed by atoms with Crippen LogP contribution >= 0.6 is 11.3 Å². The highest BCUT2D eigenvalue weighted by atomic mass is 32.1. The zero-order chi connectivity index (χ0) is 17.6. The molecule has 0 saturated heterocycles. The Balaban J connectivity index is 1.78. The van der Waals surface area contributed by atoms with Crippen molar-refractivity contribution in [3.05, 3.63) is 35.5 Å². The molecule has 9 heteroatoms. The number of anilines is 1. The van der Waals surface area contributed by atoms with Gasteiger partial charge in [0.2, 0.25) is 5.88 Å². The average Bonchev–Trinajstić information content (AvgIpc) is 3.29. The van der Waals surface area contributed by atoms with E-state index in [1.807, 2.05) is 31.4 Å². The van der Waals surface area contributed by atoms with Gasteiger partial charge in [-0.2, -0.15) is 4.98 Å². The first-order valence-corrected chi connectivity index (χ1v) is 8.53. The molecule has 0 fully saturated rings. The van der Waals surface area contributed by atoms with E-state index in [-0.39, 0.29) is 17.6 Å². The Kier molecular flexibility index (Phi) is 5.24. The Hall–Kier alpha value is -2.94. The molecule has 1 N–H and O–H groups in total. The van der Waals surface area contributed by atoms with Crippen molar-refractivity contribution in [3.8, 4) is 22.5 Å². The first-order chi connectivity index (χ1) is 12.2. The van der Waals surface area contributed by atoms with Crippen molar-refractivity contribution in [1.82, 2.24) is 15.1 Å². The number of rotatable bonds is 7. The molecule has 0 radical (unpaired) electrons. The van der Waals surface area contributed by atoms with Crippen LogP contribution in [-0.2, 0) is 0 Å². The van der Waals surface area contributed by atoms with Gasteiger partial charge in [0.15, 0.2) is 11.5 Å². The van der Waals surface area contributed by atoms with Gasteiger partial charge in [0.25, 0.3) is 5.91 Å². The summed E-state index contributed by atoms with van der Waals surface area (Å²) in [6.07, 6.45) is 1.43. The van der Waals surface area contributed by atoms with Crippen LogP contribution in [0.3, 0.4) is 0 Å². The second kappa shape index (κ2) is 7.75. The summed E-state index contributed by atoms with van der Waals surface area (Å²) in [7, 11) is 0. The molecule has 0 aliphatic carbocycles. The molecule has 25 heavy (non-hydrogen) atoms. The third kappa shape index (κ3) is 3.94. The van der Waals surface area contributed by atoms with E-state index in [1.165, 1.54) is 17.5 Å². The van der Waals surface area contributed by atoms with Crippen LogP contribution in [-0.4, -0.2) is 34.2 Å². The first-order valence-electron chi connectivity index (χ1n) is 7.65. The molecule has 0 aromatic carbocycles. The average molecular weight is 360 g/mol. The third-order valence-corrected chi connectivity index (χ3v) is 3.93. The fourth-order valence-electron chi connectivity index (χ4n) is 1.99. The fraction of sp³-hybridized carbons (Fsp3) is 0.250. The molecule has 0 aliphatic heterocycles. The topological polar surface area (TPSA) is 99.4 Å². The minimum atomic E-state index is -0.444. The number of nitrogens with one attached hydrogen (secondary N) is 1. The second-order valence-corrected chi connectivity index (χ2v) is 5.69. The summed E-state index contributed by atoms with van der Waals surface area (Å²) in [4.78, 5) is 21.5. The summed E-state index contributed by atoms with van der Waals surface area (Å²) in [6.45, 7) is 4.47. The van der Waals surface area contributed by atoms with Crippen LogP contribution in [0.25, 0.3) is 10.6 Å². The minimum Gasteiger partial charge on any atom is -0.476 e. The fourth-order valence-corrected chi connectivity index (χ4v) is 2.66. The summed E-state index contributed by atoms with van der Waals surface area (Å²) in [5.74, 6) is 0.324. The number of ether oxygens (including phenoxy) is 2. The number of thiophene rings is 1. The Bertz CT molecular complexity index is 848. The number of carbonyl (C=O) groups excluding carboxylic acids is 1. The van der Waals surface area contributed by atoms with Crippen LogP contribution in [0.15, 0.2) is 34.3 Å². The lowest BCUT2D eigenvalue weighted by molar-refractivity contribution is 0.101. The van der Waals surface area contributed by atoms with Gasteiger partial charge in [0.05, 0.1) is 24.3 Å². The van der Waals surface area contributed by atoms with Gasteiger partial charge in [-0.05, 0) is 25.3 Å². The Morgan fingerprint density at radius 1 is 1.32 bits per heavy atom. The monoisotopic (exact) mass is 360 g/mol. The molecule has 3 aromatic rings. The lowest BCUT2D eigenvalue weighted by Gasteiger charge is -2.10. The van der Waals surface area contributed by atoms with E-state index in [0.717, 1.165) is 4.88 Å². The Labute approximate surface area is 147 Å². The van der Waals surface area contributed by atoms with E-state index in [1.54, 1.807) is 6.07 Å². The molecule has 3 rings (SSSR count). The SMILES string of the molecule is CCOc1ncc(NC(=O)c2cc(-c3cccs3)on2)c(OCC)n1. The smallest absolute Gasteiger partial charge is 0.319 e. The molecule has 8 nitrogen and oxygen atoms in total. The lowest BCUT2D eigenvalue weighted by atomic mass is 10.3. The maximum Gasteiger partial charge on any atom is 0.319 e. The van der Waals surface area contributed by atoms with Gasteiger partial charge >= 0.3 is 6.01 Å². The number of nitrogens with zero attached hydrogens (tertiary/aromatic N) is 3. The van der Waals surface area contributed by atoms with Crippen LogP contribution in [0, 0.1) is 0 Å². The summed E-state index contributed by atoms with van der Waals surface area (Å²) < 4.78 is 15.9. The van der Waals surface area contributed by atoms with Crippen LogP contribution in [0.1, 0.15) is 24.3 Å². The molecule has 0 saturated carbocycles. The summed E-state index contributed by atoms with van der Waals surface area (Å²) in [5, 5.41) is 8.40. The highest BCUT2D eigenvalue weighted by molar-refractivity contribution is 7.13. The van der Waals surface area contributed by atoms with Crippen molar-refractivity contribution in [2.75, 3.05) is 18.5 Å². The highest BCUT2D eigenvalue weighted by Crippen LogP contribution is 2.27. The predicted octanol–water partition coefficient (Wildman–Crippen LogP) is 3.24. The van der Waals surface area contributed by atoms with E-state index in [0.29, 0.717) is 24.7 Å². The largest absolute Gasteiger partial charge is 0.476 e. The number of amides is 1. The number of carbonyl (C=O) groups is 1. The van der Waals surface area contributed by atoms with Gasteiger partial charge in [0.1, 0.15) is 5.69 Å². The zero-order valence-corrected chi connectivity index (χ0v) is 14.5. The van der Waals surface area contributed by atoms with Crippen molar-refractivity contribution in [2.24, 2.45) is 0 Å². The van der Waals surface area contributed by atoms with Gasteiger partial charge < -0.3 is 19.3 Å². The van der Waals surface area contributed by atoms with E-state index < -0.39 is 5.91 Å². The molecule has 3 aromatic heterocycles. The number of aromatic nitrogens is 3. The van der Waals surface area contributed by atoms with Gasteiger partial charge in [0, 0.05) is 6.07 Å². The van der Waals surface area contributed by atoms with Crippen LogP contribution in [0.2, 0.25) is 0 Å². The summed E-state index contributed by atoms with van der Waals surface area (Å²) in [6, 6.07) is 5.55. The van der Waals surface area contributed by atoms with Gasteiger partial charge in [-0.15, -0.1) is 11.3 Å². The summed E-state index contributed by atoms with van der Waals surface area (Å²) in [5.41, 5.74) is 0.482. The number of hydrogen-bond donors (Lipinski definition) is 1. The van der Waals surface area contributed by atoms with Crippen LogP contribution in [0.5, 0.6) is 11.9 Å². The second-order valence-electron chi connectivity index (χ2n) is 4.75. The van der Waals surface area contributed by atoms with Crippen molar-refractivity contribution >= 4 is 22.9 Å². The molecule has 0 spiro atoms. The quantitative estimate of drug-likeness (QED) is 0.690. The predicted molar refractivity (Wildman–Crippen MR) is 92.1 cm³/mol. The molecule has 0 bridgehead atoms. The molecular weight excluding hydrogens is 344 g/mol. The highest BCUT2D eigenvalue weighted by Gasteiger charge is 2.17. The van der Waals surface area contributed by atoms with Crippen molar-refractivity contribution in [2.45, 2.75) is 13.8 Å². The Morgan fingerprint density at radius 2 is 2.16 bits per heavy atom. The zero-order valence-electron chi connectivity index (χ0n) is 13.7. The Morgan fingerprint density at radius 3 is 2.88 bits per heavy atom. The summed E-state index contributed by atoms with van der Waals surface area (Å²) >= 11 is 1.50. The van der Waals surface area contributed by atoms with Crippen molar-refractivity contribution < 1.29 is 18.8 Å². The maximum atomic E-state index is 12.4. The molecule has 0 aliphatic rings. The maximum absolute atomic E-state index is 12.4. The van der Waals surface area contributed by atoms with E-state index in [2.05, 4.69) is 20.4 Å². The van der Waals surface area contributed by atoms with Crippen molar-refractivity contribution in [3.63, 3.8) is 0 Å². The molecular formula is C16H16N4O4S. The minimum absolute atomic E-state index is 0.153. The molecule has 1 amide bonds. The van der Waals surface area contributed by atoms with Crippen LogP contribution in [0.4, 0.5) is 5.69 Å².